The highest BCUT2D eigenvalue weighted by Gasteiger charge is 2.44. The van der Waals surface area contributed by atoms with Gasteiger partial charge in [-0.25, -0.2) is 4.79 Å². The Morgan fingerprint density at radius 1 is 1.13 bits per heavy atom. The summed E-state index contributed by atoms with van der Waals surface area (Å²) in [4.78, 5) is 30.4. The molecular weight excluding hydrogens is 592 g/mol. The smallest absolute Gasteiger partial charge is 0.343 e. The summed E-state index contributed by atoms with van der Waals surface area (Å²) < 4.78 is 11.0. The number of methoxy groups -OCH3 is 2. The SMILES string of the molecule is COC(=O)[C@@]1(O)CC(=O)N(C)CCC/C=C\[C@H](O)[C@@H]2CC[C@H]2CN(C[C@]2(C)CCCc3cc(Cl)ccc32)c2cc1ccc2OC. The van der Waals surface area contributed by atoms with E-state index in [2.05, 4.69) is 24.0 Å². The van der Waals surface area contributed by atoms with Gasteiger partial charge in [-0.15, -0.1) is 0 Å². The number of halogens is 1. The van der Waals surface area contributed by atoms with Crippen molar-refractivity contribution in [2.45, 2.75) is 75.4 Å². The Morgan fingerprint density at radius 2 is 1.93 bits per heavy atom. The molecule has 1 saturated carbocycles. The molecule has 9 heteroatoms. The van der Waals surface area contributed by atoms with E-state index in [0.717, 1.165) is 42.8 Å². The molecule has 0 spiro atoms. The van der Waals surface area contributed by atoms with Gasteiger partial charge in [-0.1, -0.05) is 42.8 Å². The number of esters is 1. The van der Waals surface area contributed by atoms with E-state index >= 15 is 0 Å². The van der Waals surface area contributed by atoms with Crippen LogP contribution in [0.5, 0.6) is 5.75 Å². The van der Waals surface area contributed by atoms with Crippen LogP contribution in [0, 0.1) is 11.8 Å². The van der Waals surface area contributed by atoms with Crippen LogP contribution in [0.2, 0.25) is 5.02 Å². The van der Waals surface area contributed by atoms with Crippen molar-refractivity contribution in [3.63, 3.8) is 0 Å². The summed E-state index contributed by atoms with van der Waals surface area (Å²) in [5.74, 6) is -0.305. The fourth-order valence-corrected chi connectivity index (χ4v) is 7.70. The van der Waals surface area contributed by atoms with Gasteiger partial charge in [0.2, 0.25) is 5.91 Å². The molecule has 1 amide bonds. The zero-order valence-corrected chi connectivity index (χ0v) is 27.7. The third kappa shape index (κ3) is 6.88. The molecule has 2 aliphatic carbocycles. The molecule has 2 aromatic rings. The van der Waals surface area contributed by atoms with E-state index in [-0.39, 0.29) is 28.7 Å². The molecule has 1 fully saturated rings. The first kappa shape index (κ1) is 33.3. The number of nitrogens with zero attached hydrogens (tertiary/aromatic N) is 2. The Kier molecular flexibility index (Phi) is 10.2. The topological polar surface area (TPSA) is 99.5 Å². The van der Waals surface area contributed by atoms with Gasteiger partial charge in [-0.05, 0) is 97.7 Å². The number of fused-ring (bicyclic) bond motifs is 4. The zero-order chi connectivity index (χ0) is 32.4. The van der Waals surface area contributed by atoms with Crippen LogP contribution in [0.1, 0.15) is 68.6 Å². The minimum absolute atomic E-state index is 0.120. The summed E-state index contributed by atoms with van der Waals surface area (Å²) in [6, 6.07) is 11.3. The van der Waals surface area contributed by atoms with Crippen LogP contribution in [0.25, 0.3) is 0 Å². The molecule has 1 heterocycles. The van der Waals surface area contributed by atoms with Crippen LogP contribution in [-0.4, -0.2) is 74.0 Å². The summed E-state index contributed by atoms with van der Waals surface area (Å²) in [6.45, 7) is 4.05. The third-order valence-electron chi connectivity index (χ3n) is 10.4. The van der Waals surface area contributed by atoms with E-state index in [1.165, 1.54) is 23.1 Å². The highest BCUT2D eigenvalue weighted by atomic mass is 35.5. The Hall–Kier alpha value is -3.07. The Bertz CT molecular complexity index is 1430. The standard InChI is InChI=1S/C36H47ClN2O6/c1-35(17-8-9-24-19-27(37)13-15-29(24)35)23-39-22-25-11-14-28(25)31(40)10-6-5-7-18-38(2)33(41)21-36(43,34(42)45-4)26-12-16-32(44-3)30(39)20-26/h6,10,12-13,15-16,19-20,25,28,31,40,43H,5,7-9,11,14,17-18,21-23H2,1-4H3/b10-6-/t25-,28+,31-,35-,36+/m0/s1. The van der Waals surface area contributed by atoms with Gasteiger partial charge in [0.05, 0.1) is 32.4 Å². The van der Waals surface area contributed by atoms with E-state index in [1.54, 1.807) is 32.4 Å². The van der Waals surface area contributed by atoms with Gasteiger partial charge in [-0.2, -0.15) is 0 Å². The second-order valence-corrected chi connectivity index (χ2v) is 13.8. The maximum Gasteiger partial charge on any atom is 0.343 e. The number of allylic oxidation sites excluding steroid dienone is 1. The van der Waals surface area contributed by atoms with Crippen LogP contribution >= 0.6 is 11.6 Å². The molecule has 3 aliphatic rings. The van der Waals surface area contributed by atoms with Crippen LogP contribution in [0.3, 0.4) is 0 Å². The third-order valence-corrected chi connectivity index (χ3v) is 10.6. The number of hydrogen-bond acceptors (Lipinski definition) is 7. The van der Waals surface area contributed by atoms with Crippen LogP contribution in [0.4, 0.5) is 5.69 Å². The maximum atomic E-state index is 13.3. The van der Waals surface area contributed by atoms with Crippen molar-refractivity contribution in [1.29, 1.82) is 0 Å². The number of aliphatic hydroxyl groups excluding tert-OH is 1. The van der Waals surface area contributed by atoms with Gasteiger partial charge in [0, 0.05) is 37.1 Å². The quantitative estimate of drug-likeness (QED) is 0.342. The van der Waals surface area contributed by atoms with Gasteiger partial charge in [0.25, 0.3) is 0 Å². The molecule has 2 bridgehead atoms. The molecule has 0 radical (unpaired) electrons. The molecule has 0 unspecified atom stereocenters. The number of aliphatic hydroxyl groups is 2. The number of ether oxygens (including phenoxy) is 2. The number of amides is 1. The van der Waals surface area contributed by atoms with E-state index in [9.17, 15) is 19.8 Å². The predicted octanol–water partition coefficient (Wildman–Crippen LogP) is 5.40. The summed E-state index contributed by atoms with van der Waals surface area (Å²) in [5, 5.41) is 23.8. The van der Waals surface area contributed by atoms with Crippen molar-refractivity contribution < 1.29 is 29.3 Å². The molecule has 2 N–H and O–H groups in total. The normalized spacial score (nSPS) is 29.9. The van der Waals surface area contributed by atoms with Crippen molar-refractivity contribution in [2.24, 2.45) is 11.8 Å². The lowest BCUT2D eigenvalue weighted by Gasteiger charge is -2.46. The first-order valence-corrected chi connectivity index (χ1v) is 16.5. The number of aryl methyl sites for hydroxylation is 1. The number of carbonyl (C=O) groups is 2. The monoisotopic (exact) mass is 638 g/mol. The van der Waals surface area contributed by atoms with Crippen LogP contribution in [-0.2, 0) is 31.8 Å². The number of hydrogen-bond donors (Lipinski definition) is 2. The van der Waals surface area contributed by atoms with Crippen LogP contribution < -0.4 is 9.64 Å². The largest absolute Gasteiger partial charge is 0.495 e. The fraction of sp³-hybridized carbons (Fsp3) is 0.556. The first-order chi connectivity index (χ1) is 21.5. The van der Waals surface area contributed by atoms with Gasteiger partial charge in [-0.3, -0.25) is 4.79 Å². The lowest BCUT2D eigenvalue weighted by molar-refractivity contribution is -0.168. The summed E-state index contributed by atoms with van der Waals surface area (Å²) in [5.41, 5.74) is 1.12. The molecule has 5 rings (SSSR count). The van der Waals surface area contributed by atoms with E-state index in [0.29, 0.717) is 38.2 Å². The molecule has 5 atom stereocenters. The van der Waals surface area contributed by atoms with Crippen molar-refractivity contribution in [1.82, 2.24) is 4.90 Å². The summed E-state index contributed by atoms with van der Waals surface area (Å²) in [6.07, 6.45) is 9.22. The molecule has 45 heavy (non-hydrogen) atoms. The fourth-order valence-electron chi connectivity index (χ4n) is 7.51. The lowest BCUT2D eigenvalue weighted by atomic mass is 9.68. The second kappa shape index (κ2) is 13.7. The van der Waals surface area contributed by atoms with Gasteiger partial charge in [0.1, 0.15) is 5.75 Å². The van der Waals surface area contributed by atoms with Crippen molar-refractivity contribution in [2.75, 3.05) is 45.8 Å². The predicted molar refractivity (Wildman–Crippen MR) is 176 cm³/mol. The molecule has 0 aromatic heterocycles. The summed E-state index contributed by atoms with van der Waals surface area (Å²) in [7, 11) is 4.50. The highest BCUT2D eigenvalue weighted by Crippen LogP contribution is 2.45. The number of carbonyl (C=O) groups excluding carboxylic acids is 2. The van der Waals surface area contributed by atoms with E-state index in [1.807, 2.05) is 18.2 Å². The minimum atomic E-state index is -2.19. The van der Waals surface area contributed by atoms with Crippen LogP contribution in [0.15, 0.2) is 48.6 Å². The molecule has 2 aromatic carbocycles. The number of rotatable bonds is 4. The lowest BCUT2D eigenvalue weighted by Crippen LogP contribution is -2.48. The zero-order valence-electron chi connectivity index (χ0n) is 26.9. The van der Waals surface area contributed by atoms with Crippen molar-refractivity contribution >= 4 is 29.2 Å². The summed E-state index contributed by atoms with van der Waals surface area (Å²) >= 11 is 6.40. The van der Waals surface area contributed by atoms with Crippen molar-refractivity contribution in [3.05, 3.63) is 70.3 Å². The number of anilines is 1. The molecule has 244 valence electrons. The first-order valence-electron chi connectivity index (χ1n) is 16.1. The average molecular weight is 639 g/mol. The molecular formula is C36H47ClN2O6. The molecule has 1 aliphatic heterocycles. The second-order valence-electron chi connectivity index (χ2n) is 13.4. The average Bonchev–Trinajstić information content (AvgIpc) is 3.00. The number of benzene rings is 2. The highest BCUT2D eigenvalue weighted by molar-refractivity contribution is 6.30. The van der Waals surface area contributed by atoms with Gasteiger partial charge < -0.3 is 29.5 Å². The molecule has 0 saturated heterocycles. The maximum absolute atomic E-state index is 13.3. The van der Waals surface area contributed by atoms with Gasteiger partial charge in [0.15, 0.2) is 5.60 Å². The van der Waals surface area contributed by atoms with Crippen molar-refractivity contribution in [3.8, 4) is 5.75 Å². The van der Waals surface area contributed by atoms with E-state index < -0.39 is 24.1 Å². The van der Waals surface area contributed by atoms with Gasteiger partial charge >= 0.3 is 5.97 Å². The van der Waals surface area contributed by atoms with E-state index in [4.69, 9.17) is 21.1 Å². The Balaban J connectivity index is 1.63. The Labute approximate surface area is 272 Å². The minimum Gasteiger partial charge on any atom is -0.495 e. The Morgan fingerprint density at radius 3 is 2.64 bits per heavy atom. The molecule has 8 nitrogen and oxygen atoms in total.